The molecule has 1 heterocycles. The predicted molar refractivity (Wildman–Crippen MR) is 76.3 cm³/mol. The van der Waals surface area contributed by atoms with Gasteiger partial charge >= 0.3 is 0 Å². The summed E-state index contributed by atoms with van der Waals surface area (Å²) in [4.78, 5) is 2.12. The van der Waals surface area contributed by atoms with Crippen LogP contribution in [-0.2, 0) is 13.5 Å². The van der Waals surface area contributed by atoms with E-state index in [4.69, 9.17) is 4.74 Å². The molecule has 0 aliphatic rings. The first-order valence-electron chi connectivity index (χ1n) is 6.58. The van der Waals surface area contributed by atoms with Crippen LogP contribution in [0.2, 0.25) is 0 Å². The van der Waals surface area contributed by atoms with Gasteiger partial charge in [0.05, 0.1) is 12.1 Å². The van der Waals surface area contributed by atoms with E-state index in [1.165, 1.54) is 6.07 Å². The molecular formula is C15H21FN2O. The van der Waals surface area contributed by atoms with Crippen molar-refractivity contribution in [2.75, 3.05) is 27.2 Å². The third-order valence-electron chi connectivity index (χ3n) is 3.24. The van der Waals surface area contributed by atoms with Crippen LogP contribution in [0.1, 0.15) is 12.5 Å². The van der Waals surface area contributed by atoms with E-state index in [0.717, 1.165) is 29.7 Å². The molecule has 0 aliphatic carbocycles. The molecule has 0 fully saturated rings. The van der Waals surface area contributed by atoms with E-state index in [1.54, 1.807) is 6.07 Å². The molecule has 4 heteroatoms. The van der Waals surface area contributed by atoms with Crippen molar-refractivity contribution in [3.05, 3.63) is 29.7 Å². The Morgan fingerprint density at radius 2 is 2.05 bits per heavy atom. The Morgan fingerprint density at radius 1 is 1.32 bits per heavy atom. The minimum absolute atomic E-state index is 0.197. The van der Waals surface area contributed by atoms with Crippen LogP contribution < -0.4 is 4.74 Å². The molecule has 0 aliphatic heterocycles. The second-order valence-corrected chi connectivity index (χ2v) is 5.02. The summed E-state index contributed by atoms with van der Waals surface area (Å²) >= 11 is 0. The molecule has 0 saturated carbocycles. The van der Waals surface area contributed by atoms with E-state index in [2.05, 4.69) is 4.90 Å². The van der Waals surface area contributed by atoms with Gasteiger partial charge in [0.2, 0.25) is 0 Å². The SMILES string of the molecule is CCOc1ccc(F)c2c1c(CCN(C)C)cn2C. The van der Waals surface area contributed by atoms with Gasteiger partial charge in [0, 0.05) is 25.2 Å². The van der Waals surface area contributed by atoms with E-state index in [1.807, 2.05) is 38.8 Å². The van der Waals surface area contributed by atoms with Crippen molar-refractivity contribution in [1.29, 1.82) is 0 Å². The number of likely N-dealkylation sites (N-methyl/N-ethyl adjacent to an activating group) is 1. The molecule has 104 valence electrons. The topological polar surface area (TPSA) is 17.4 Å². The Hall–Kier alpha value is -1.55. The lowest BCUT2D eigenvalue weighted by atomic mass is 10.1. The fraction of sp³-hybridized carbons (Fsp3) is 0.467. The van der Waals surface area contributed by atoms with Gasteiger partial charge in [-0.25, -0.2) is 4.39 Å². The van der Waals surface area contributed by atoms with Gasteiger partial charge in [-0.1, -0.05) is 0 Å². The zero-order valence-electron chi connectivity index (χ0n) is 12.0. The summed E-state index contributed by atoms with van der Waals surface area (Å²) in [7, 11) is 5.95. The number of aromatic nitrogens is 1. The van der Waals surface area contributed by atoms with Crippen molar-refractivity contribution < 1.29 is 9.13 Å². The van der Waals surface area contributed by atoms with Gasteiger partial charge in [-0.2, -0.15) is 0 Å². The molecule has 0 atom stereocenters. The number of fused-ring (bicyclic) bond motifs is 1. The van der Waals surface area contributed by atoms with E-state index < -0.39 is 0 Å². The number of ether oxygens (including phenoxy) is 1. The number of benzene rings is 1. The molecule has 19 heavy (non-hydrogen) atoms. The molecule has 0 radical (unpaired) electrons. The summed E-state index contributed by atoms with van der Waals surface area (Å²) in [6, 6.07) is 3.20. The molecule has 0 spiro atoms. The maximum Gasteiger partial charge on any atom is 0.147 e. The van der Waals surface area contributed by atoms with Crippen LogP contribution in [-0.4, -0.2) is 36.7 Å². The minimum atomic E-state index is -0.197. The lowest BCUT2D eigenvalue weighted by Crippen LogP contribution is -2.14. The number of halogens is 1. The predicted octanol–water partition coefficient (Wildman–Crippen LogP) is 2.82. The number of aryl methyl sites for hydroxylation is 1. The number of hydrogen-bond donors (Lipinski definition) is 0. The molecule has 1 aromatic carbocycles. The first-order valence-corrected chi connectivity index (χ1v) is 6.58. The molecule has 0 bridgehead atoms. The van der Waals surface area contributed by atoms with Crippen molar-refractivity contribution >= 4 is 10.9 Å². The third-order valence-corrected chi connectivity index (χ3v) is 3.24. The average Bonchev–Trinajstić information content (AvgIpc) is 2.69. The summed E-state index contributed by atoms with van der Waals surface area (Å²) in [5.74, 6) is 0.574. The smallest absolute Gasteiger partial charge is 0.147 e. The second kappa shape index (κ2) is 5.61. The molecule has 0 amide bonds. The Balaban J connectivity index is 2.54. The van der Waals surface area contributed by atoms with Gasteiger partial charge in [0.15, 0.2) is 0 Å². The average molecular weight is 264 g/mol. The summed E-state index contributed by atoms with van der Waals surface area (Å²) in [5.41, 5.74) is 1.76. The summed E-state index contributed by atoms with van der Waals surface area (Å²) in [5, 5.41) is 0.909. The highest BCUT2D eigenvalue weighted by molar-refractivity contribution is 5.90. The fourth-order valence-electron chi connectivity index (χ4n) is 2.37. The Labute approximate surface area is 113 Å². The quantitative estimate of drug-likeness (QED) is 0.826. The fourth-order valence-corrected chi connectivity index (χ4v) is 2.37. The molecule has 2 rings (SSSR count). The van der Waals surface area contributed by atoms with Crippen LogP contribution in [0.5, 0.6) is 5.75 Å². The van der Waals surface area contributed by atoms with Gasteiger partial charge in [-0.3, -0.25) is 0 Å². The maximum atomic E-state index is 14.0. The Kier molecular flexibility index (Phi) is 4.10. The van der Waals surface area contributed by atoms with Crippen LogP contribution in [0.15, 0.2) is 18.3 Å². The van der Waals surface area contributed by atoms with Crippen molar-refractivity contribution in [1.82, 2.24) is 9.47 Å². The lowest BCUT2D eigenvalue weighted by molar-refractivity contribution is 0.343. The molecule has 2 aromatic rings. The monoisotopic (exact) mass is 264 g/mol. The van der Waals surface area contributed by atoms with Gasteiger partial charge in [-0.15, -0.1) is 0 Å². The lowest BCUT2D eigenvalue weighted by Gasteiger charge is -2.10. The number of hydrogen-bond acceptors (Lipinski definition) is 2. The molecule has 0 saturated heterocycles. The third kappa shape index (κ3) is 2.73. The van der Waals surface area contributed by atoms with Gasteiger partial charge in [-0.05, 0) is 45.1 Å². The highest BCUT2D eigenvalue weighted by Gasteiger charge is 2.15. The van der Waals surface area contributed by atoms with Crippen LogP contribution in [0.25, 0.3) is 10.9 Å². The van der Waals surface area contributed by atoms with E-state index >= 15 is 0 Å². The van der Waals surface area contributed by atoms with Crippen LogP contribution in [0, 0.1) is 5.82 Å². The van der Waals surface area contributed by atoms with Crippen molar-refractivity contribution in [3.63, 3.8) is 0 Å². The standard InChI is InChI=1S/C15H21FN2O/c1-5-19-13-7-6-12(16)15-14(13)11(10-18(15)4)8-9-17(2)3/h6-7,10H,5,8-9H2,1-4H3. The van der Waals surface area contributed by atoms with Gasteiger partial charge < -0.3 is 14.2 Å². The molecule has 3 nitrogen and oxygen atoms in total. The first-order chi connectivity index (χ1) is 9.04. The zero-order valence-corrected chi connectivity index (χ0v) is 12.0. The van der Waals surface area contributed by atoms with Gasteiger partial charge in [0.1, 0.15) is 11.6 Å². The van der Waals surface area contributed by atoms with Crippen molar-refractivity contribution in [3.8, 4) is 5.75 Å². The second-order valence-electron chi connectivity index (χ2n) is 5.02. The number of rotatable bonds is 5. The number of nitrogens with zero attached hydrogens (tertiary/aromatic N) is 2. The molecule has 1 aromatic heterocycles. The van der Waals surface area contributed by atoms with Gasteiger partial charge in [0.25, 0.3) is 0 Å². The highest BCUT2D eigenvalue weighted by atomic mass is 19.1. The largest absolute Gasteiger partial charge is 0.493 e. The Bertz CT molecular complexity index is 575. The summed E-state index contributed by atoms with van der Waals surface area (Å²) < 4.78 is 21.5. The van der Waals surface area contributed by atoms with E-state index in [9.17, 15) is 4.39 Å². The zero-order chi connectivity index (χ0) is 14.0. The van der Waals surface area contributed by atoms with Crippen molar-refractivity contribution in [2.24, 2.45) is 7.05 Å². The molecule has 0 unspecified atom stereocenters. The van der Waals surface area contributed by atoms with Crippen LogP contribution in [0.3, 0.4) is 0 Å². The maximum absolute atomic E-state index is 14.0. The van der Waals surface area contributed by atoms with E-state index in [0.29, 0.717) is 12.1 Å². The van der Waals surface area contributed by atoms with Crippen molar-refractivity contribution in [2.45, 2.75) is 13.3 Å². The van der Waals surface area contributed by atoms with Crippen LogP contribution in [0.4, 0.5) is 4.39 Å². The normalized spacial score (nSPS) is 11.5. The summed E-state index contributed by atoms with van der Waals surface area (Å²) in [6.45, 7) is 3.46. The molecular weight excluding hydrogens is 243 g/mol. The first kappa shape index (κ1) is 13.9. The van der Waals surface area contributed by atoms with E-state index in [-0.39, 0.29) is 5.82 Å². The minimum Gasteiger partial charge on any atom is -0.493 e. The summed E-state index contributed by atoms with van der Waals surface area (Å²) in [6.07, 6.45) is 2.88. The Morgan fingerprint density at radius 3 is 2.68 bits per heavy atom. The van der Waals surface area contributed by atoms with Crippen LogP contribution >= 0.6 is 0 Å². The molecule has 0 N–H and O–H groups in total. The highest BCUT2D eigenvalue weighted by Crippen LogP contribution is 2.32.